The van der Waals surface area contributed by atoms with Gasteiger partial charge in [-0.05, 0) is 50.6 Å². The van der Waals surface area contributed by atoms with Crippen molar-refractivity contribution in [1.29, 1.82) is 0 Å². The van der Waals surface area contributed by atoms with Gasteiger partial charge in [0.05, 0.1) is 23.7 Å². The number of anilines is 1. The summed E-state index contributed by atoms with van der Waals surface area (Å²) in [6, 6.07) is 11.0. The number of hydrogen-bond donors (Lipinski definition) is 0. The van der Waals surface area contributed by atoms with Crippen LogP contribution in [0.2, 0.25) is 0 Å². The van der Waals surface area contributed by atoms with Crippen LogP contribution in [0.25, 0.3) is 10.9 Å². The number of aryl methyl sites for hydroxylation is 1. The second-order valence-corrected chi connectivity index (χ2v) is 8.85. The van der Waals surface area contributed by atoms with E-state index in [1.807, 2.05) is 56.3 Å². The van der Waals surface area contributed by atoms with Crippen LogP contribution in [0.1, 0.15) is 38.6 Å². The van der Waals surface area contributed by atoms with Gasteiger partial charge in [0.15, 0.2) is 6.10 Å². The summed E-state index contributed by atoms with van der Waals surface area (Å²) in [6.45, 7) is 5.68. The van der Waals surface area contributed by atoms with Crippen molar-refractivity contribution in [3.63, 3.8) is 0 Å². The van der Waals surface area contributed by atoms with Crippen LogP contribution < -0.4 is 15.2 Å². The van der Waals surface area contributed by atoms with Gasteiger partial charge in [0.1, 0.15) is 11.6 Å². The summed E-state index contributed by atoms with van der Waals surface area (Å²) in [5.74, 6) is 0.578. The molecule has 2 aromatic carbocycles. The van der Waals surface area contributed by atoms with Crippen LogP contribution in [0, 0.1) is 0 Å². The number of halogens is 1. The van der Waals surface area contributed by atoms with Crippen LogP contribution in [0.3, 0.4) is 0 Å². The topological polar surface area (TPSA) is 86.0 Å². The smallest absolute Gasteiger partial charge is 0.347 e. The predicted molar refractivity (Wildman–Crippen MR) is 138 cm³/mol. The summed E-state index contributed by atoms with van der Waals surface area (Å²) in [5, 5.41) is 4.96. The lowest BCUT2D eigenvalue weighted by molar-refractivity contribution is -0.150. The molecular formula is C25H29BrN4O4. The van der Waals surface area contributed by atoms with E-state index >= 15 is 0 Å². The number of benzene rings is 2. The normalized spacial score (nSPS) is 12.2. The van der Waals surface area contributed by atoms with Gasteiger partial charge < -0.3 is 14.4 Å². The van der Waals surface area contributed by atoms with Crippen molar-refractivity contribution in [3.05, 3.63) is 62.6 Å². The summed E-state index contributed by atoms with van der Waals surface area (Å²) >= 11 is 3.42. The van der Waals surface area contributed by atoms with Crippen LogP contribution in [-0.4, -0.2) is 48.7 Å². The molecule has 3 rings (SSSR count). The molecule has 0 spiro atoms. The van der Waals surface area contributed by atoms with Crippen LogP contribution in [0.5, 0.6) is 5.75 Å². The van der Waals surface area contributed by atoms with E-state index in [1.54, 1.807) is 26.1 Å². The van der Waals surface area contributed by atoms with Crippen LogP contribution >= 0.6 is 15.9 Å². The number of rotatable bonds is 9. The maximum atomic E-state index is 13.3. The molecule has 0 saturated heterocycles. The van der Waals surface area contributed by atoms with Gasteiger partial charge in [-0.25, -0.2) is 9.78 Å². The largest absolute Gasteiger partial charge is 0.478 e. The Labute approximate surface area is 207 Å². The lowest BCUT2D eigenvalue weighted by atomic mass is 10.2. The van der Waals surface area contributed by atoms with Crippen molar-refractivity contribution in [1.82, 2.24) is 9.66 Å². The maximum absolute atomic E-state index is 13.3. The first-order chi connectivity index (χ1) is 16.2. The number of hydrogen-bond acceptors (Lipinski definition) is 7. The average Bonchev–Trinajstić information content (AvgIpc) is 2.80. The van der Waals surface area contributed by atoms with Gasteiger partial charge in [-0.15, -0.1) is 0 Å². The molecule has 0 N–H and O–H groups in total. The predicted octanol–water partition coefficient (Wildman–Crippen LogP) is 4.39. The number of nitrogens with zero attached hydrogens (tertiary/aromatic N) is 4. The van der Waals surface area contributed by atoms with E-state index < -0.39 is 12.1 Å². The van der Waals surface area contributed by atoms with Crippen LogP contribution in [-0.2, 0) is 16.0 Å². The molecular weight excluding hydrogens is 500 g/mol. The van der Waals surface area contributed by atoms with Crippen molar-refractivity contribution in [2.24, 2.45) is 5.10 Å². The Morgan fingerprint density at radius 1 is 1.24 bits per heavy atom. The molecule has 3 aromatic rings. The Morgan fingerprint density at radius 3 is 2.68 bits per heavy atom. The fourth-order valence-electron chi connectivity index (χ4n) is 3.33. The van der Waals surface area contributed by atoms with Crippen LogP contribution in [0.4, 0.5) is 5.69 Å². The van der Waals surface area contributed by atoms with Crippen LogP contribution in [0.15, 0.2) is 50.8 Å². The van der Waals surface area contributed by atoms with Crippen molar-refractivity contribution < 1.29 is 14.3 Å². The van der Waals surface area contributed by atoms with Gasteiger partial charge in [-0.1, -0.05) is 22.9 Å². The highest BCUT2D eigenvalue weighted by molar-refractivity contribution is 9.10. The van der Waals surface area contributed by atoms with Crippen molar-refractivity contribution >= 4 is 44.7 Å². The maximum Gasteiger partial charge on any atom is 0.347 e. The number of esters is 1. The molecule has 9 heteroatoms. The summed E-state index contributed by atoms with van der Waals surface area (Å²) < 4.78 is 13.1. The first kappa shape index (κ1) is 25.4. The van der Waals surface area contributed by atoms with Crippen molar-refractivity contribution in [2.75, 3.05) is 25.6 Å². The minimum absolute atomic E-state index is 0.252. The summed E-state index contributed by atoms with van der Waals surface area (Å²) in [5.41, 5.74) is 1.89. The number of fused-ring (bicyclic) bond motifs is 1. The average molecular weight is 529 g/mol. The third-order valence-corrected chi connectivity index (χ3v) is 5.59. The van der Waals surface area contributed by atoms with Gasteiger partial charge in [0, 0.05) is 42.3 Å². The van der Waals surface area contributed by atoms with Gasteiger partial charge in [-0.2, -0.15) is 9.78 Å². The zero-order valence-electron chi connectivity index (χ0n) is 20.0. The summed E-state index contributed by atoms with van der Waals surface area (Å²) in [6.07, 6.45) is 2.16. The first-order valence-corrected chi connectivity index (χ1v) is 11.9. The van der Waals surface area contributed by atoms with E-state index in [0.717, 1.165) is 16.6 Å². The first-order valence-electron chi connectivity index (χ1n) is 11.1. The Balaban J connectivity index is 2.07. The number of aromatic nitrogens is 2. The fourth-order valence-corrected chi connectivity index (χ4v) is 3.69. The lowest BCUT2D eigenvalue weighted by Crippen LogP contribution is -2.26. The second-order valence-electron chi connectivity index (χ2n) is 7.93. The molecule has 0 bridgehead atoms. The molecule has 0 amide bonds. The fraction of sp³-hybridized carbons (Fsp3) is 0.360. The molecule has 1 aromatic heterocycles. The molecule has 0 aliphatic carbocycles. The van der Waals surface area contributed by atoms with Gasteiger partial charge in [0.2, 0.25) is 0 Å². The third kappa shape index (κ3) is 5.83. The van der Waals surface area contributed by atoms with Gasteiger partial charge >= 0.3 is 5.97 Å². The van der Waals surface area contributed by atoms with Crippen molar-refractivity contribution in [2.45, 2.75) is 39.7 Å². The lowest BCUT2D eigenvalue weighted by Gasteiger charge is -2.18. The summed E-state index contributed by atoms with van der Waals surface area (Å²) in [7, 11) is 3.83. The van der Waals surface area contributed by atoms with E-state index in [4.69, 9.17) is 9.47 Å². The van der Waals surface area contributed by atoms with E-state index in [-0.39, 0.29) is 12.2 Å². The Kier molecular flexibility index (Phi) is 8.44. The van der Waals surface area contributed by atoms with E-state index in [1.165, 1.54) is 4.68 Å². The standard InChI is InChI=1S/C25H29BrN4O4/c1-6-8-23-28-21-12-10-18(26)13-20(21)24(31)30(23)27-15-17-9-11-19(29(4)5)14-22(17)34-16(3)25(32)33-7-2/h9-16H,6-8H2,1-5H3/t16-/m0/s1. The zero-order chi connectivity index (χ0) is 24.8. The molecule has 1 heterocycles. The molecule has 0 radical (unpaired) electrons. The molecule has 1 atom stereocenters. The monoisotopic (exact) mass is 528 g/mol. The number of carbonyl (C=O) groups is 1. The second kappa shape index (κ2) is 11.3. The Bertz CT molecular complexity index is 1270. The molecule has 0 unspecified atom stereocenters. The zero-order valence-corrected chi connectivity index (χ0v) is 21.6. The molecule has 0 aliphatic rings. The van der Waals surface area contributed by atoms with Gasteiger partial charge in [0.25, 0.3) is 5.56 Å². The molecule has 34 heavy (non-hydrogen) atoms. The SMILES string of the molecule is CCCc1nc2ccc(Br)cc2c(=O)n1N=Cc1ccc(N(C)C)cc1O[C@@H](C)C(=O)OCC. The third-order valence-electron chi connectivity index (χ3n) is 5.10. The summed E-state index contributed by atoms with van der Waals surface area (Å²) in [4.78, 5) is 32.0. The molecule has 180 valence electrons. The van der Waals surface area contributed by atoms with Gasteiger partial charge in [-0.3, -0.25) is 4.79 Å². The van der Waals surface area contributed by atoms with Crippen molar-refractivity contribution in [3.8, 4) is 5.75 Å². The minimum Gasteiger partial charge on any atom is -0.478 e. The van der Waals surface area contributed by atoms with E-state index in [0.29, 0.717) is 34.5 Å². The Morgan fingerprint density at radius 2 is 2.00 bits per heavy atom. The number of carbonyl (C=O) groups excluding carboxylic acids is 1. The Hall–Kier alpha value is -3.20. The molecule has 8 nitrogen and oxygen atoms in total. The quantitative estimate of drug-likeness (QED) is 0.302. The highest BCUT2D eigenvalue weighted by Crippen LogP contribution is 2.25. The highest BCUT2D eigenvalue weighted by Gasteiger charge is 2.18. The van der Waals surface area contributed by atoms with E-state index in [9.17, 15) is 9.59 Å². The molecule has 0 fully saturated rings. The molecule has 0 saturated carbocycles. The minimum atomic E-state index is -0.803. The highest BCUT2D eigenvalue weighted by atomic mass is 79.9. The molecule has 0 aliphatic heterocycles. The van der Waals surface area contributed by atoms with E-state index in [2.05, 4.69) is 26.0 Å². The number of ether oxygens (including phenoxy) is 2.